The van der Waals surface area contributed by atoms with E-state index in [4.69, 9.17) is 11.5 Å². The smallest absolute Gasteiger partial charge is 0.219 e. The molecular formula is C15H22N4O3S. The Morgan fingerprint density at radius 1 is 1.35 bits per heavy atom. The topological polar surface area (TPSA) is 119 Å². The van der Waals surface area contributed by atoms with Crippen molar-refractivity contribution in [3.05, 3.63) is 30.3 Å². The molecular weight excluding hydrogens is 316 g/mol. The van der Waals surface area contributed by atoms with E-state index in [0.717, 1.165) is 13.0 Å². The van der Waals surface area contributed by atoms with Crippen LogP contribution in [0.3, 0.4) is 0 Å². The summed E-state index contributed by atoms with van der Waals surface area (Å²) in [6.07, 6.45) is 1.69. The summed E-state index contributed by atoms with van der Waals surface area (Å²) in [5.74, 6) is -0.253. The van der Waals surface area contributed by atoms with Crippen molar-refractivity contribution >= 4 is 21.7 Å². The number of rotatable bonds is 6. The Labute approximate surface area is 136 Å². The van der Waals surface area contributed by atoms with Crippen molar-refractivity contribution in [2.75, 3.05) is 6.54 Å². The maximum Gasteiger partial charge on any atom is 0.219 e. The van der Waals surface area contributed by atoms with Crippen LogP contribution in [-0.4, -0.2) is 43.1 Å². The Morgan fingerprint density at radius 3 is 2.48 bits per heavy atom. The van der Waals surface area contributed by atoms with Crippen molar-refractivity contribution in [1.29, 1.82) is 0 Å². The minimum absolute atomic E-state index is 0.00514. The number of carbonyl (C=O) groups excluding carboxylic acids is 1. The molecule has 1 amide bonds. The minimum atomic E-state index is -3.66. The van der Waals surface area contributed by atoms with E-state index in [1.54, 1.807) is 23.1 Å². The fourth-order valence-corrected chi connectivity index (χ4v) is 4.27. The Morgan fingerprint density at radius 2 is 2.00 bits per heavy atom. The Kier molecular flexibility index (Phi) is 5.25. The number of likely N-dealkylation sites (tertiary alicyclic amines) is 1. The fourth-order valence-electron chi connectivity index (χ4n) is 2.71. The number of guanidine groups is 1. The molecule has 1 saturated heterocycles. The summed E-state index contributed by atoms with van der Waals surface area (Å²) < 4.78 is 25.4. The van der Waals surface area contributed by atoms with Gasteiger partial charge < -0.3 is 16.4 Å². The Balaban J connectivity index is 2.15. The predicted molar refractivity (Wildman–Crippen MR) is 88.3 cm³/mol. The van der Waals surface area contributed by atoms with Crippen molar-refractivity contribution in [3.63, 3.8) is 0 Å². The summed E-state index contributed by atoms with van der Waals surface area (Å²) in [5.41, 5.74) is 10.8. The molecule has 2 unspecified atom stereocenters. The van der Waals surface area contributed by atoms with Gasteiger partial charge in [-0.05, 0) is 31.4 Å². The van der Waals surface area contributed by atoms with E-state index < -0.39 is 15.2 Å². The van der Waals surface area contributed by atoms with E-state index in [9.17, 15) is 13.2 Å². The number of amides is 1. The molecule has 2 atom stereocenters. The summed E-state index contributed by atoms with van der Waals surface area (Å²) in [7, 11) is -3.66. The van der Waals surface area contributed by atoms with Gasteiger partial charge >= 0.3 is 0 Å². The molecule has 0 aromatic heterocycles. The molecule has 1 aromatic carbocycles. The lowest BCUT2D eigenvalue weighted by molar-refractivity contribution is -0.136. The lowest BCUT2D eigenvalue weighted by Crippen LogP contribution is -2.50. The van der Waals surface area contributed by atoms with Crippen LogP contribution in [0.5, 0.6) is 0 Å². The van der Waals surface area contributed by atoms with Crippen molar-refractivity contribution < 1.29 is 13.2 Å². The monoisotopic (exact) mass is 338 g/mol. The summed E-state index contributed by atoms with van der Waals surface area (Å²) in [6, 6.07) is 8.17. The van der Waals surface area contributed by atoms with Crippen molar-refractivity contribution in [1.82, 2.24) is 4.90 Å². The highest BCUT2D eigenvalue weighted by atomic mass is 32.2. The maximum absolute atomic E-state index is 12.7. The molecule has 126 valence electrons. The average Bonchev–Trinajstić information content (AvgIpc) is 2.45. The second kappa shape index (κ2) is 6.99. The average molecular weight is 338 g/mol. The van der Waals surface area contributed by atoms with Gasteiger partial charge in [-0.15, -0.1) is 0 Å². The van der Waals surface area contributed by atoms with Crippen molar-refractivity contribution in [2.24, 2.45) is 16.5 Å². The summed E-state index contributed by atoms with van der Waals surface area (Å²) in [5, 5.41) is -1.04. The molecule has 0 radical (unpaired) electrons. The second-order valence-electron chi connectivity index (χ2n) is 5.60. The molecule has 0 bridgehead atoms. The van der Waals surface area contributed by atoms with Crippen LogP contribution in [0, 0.1) is 0 Å². The van der Waals surface area contributed by atoms with Gasteiger partial charge in [0.15, 0.2) is 11.3 Å². The third-order valence-corrected chi connectivity index (χ3v) is 6.01. The lowest BCUT2D eigenvalue weighted by Gasteiger charge is -2.40. The zero-order chi connectivity index (χ0) is 17.0. The highest BCUT2D eigenvalue weighted by Crippen LogP contribution is 2.26. The van der Waals surface area contributed by atoms with E-state index in [-0.39, 0.29) is 29.2 Å². The first kappa shape index (κ1) is 17.3. The van der Waals surface area contributed by atoms with Gasteiger partial charge in [0, 0.05) is 19.5 Å². The van der Waals surface area contributed by atoms with E-state index in [0.29, 0.717) is 6.42 Å². The quantitative estimate of drug-likeness (QED) is 0.577. The molecule has 1 aliphatic heterocycles. The largest absolute Gasteiger partial charge is 0.370 e. The third kappa shape index (κ3) is 4.01. The third-order valence-electron chi connectivity index (χ3n) is 4.02. The normalized spacial score (nSPS) is 18.8. The van der Waals surface area contributed by atoms with Gasteiger partial charge in [-0.1, -0.05) is 18.2 Å². The zero-order valence-corrected chi connectivity index (χ0v) is 13.9. The second-order valence-corrected chi connectivity index (χ2v) is 7.70. The minimum Gasteiger partial charge on any atom is -0.370 e. The molecule has 23 heavy (non-hydrogen) atoms. The molecule has 4 N–H and O–H groups in total. The van der Waals surface area contributed by atoms with Gasteiger partial charge in [0.1, 0.15) is 0 Å². The van der Waals surface area contributed by atoms with Crippen molar-refractivity contribution in [2.45, 2.75) is 42.5 Å². The molecule has 1 aromatic rings. The number of benzene rings is 1. The molecule has 0 saturated carbocycles. The number of nitrogens with zero attached hydrogens (tertiary/aromatic N) is 2. The van der Waals surface area contributed by atoms with Crippen LogP contribution in [0.15, 0.2) is 40.2 Å². The number of sulfone groups is 1. The van der Waals surface area contributed by atoms with Crippen LogP contribution in [0.25, 0.3) is 0 Å². The van der Waals surface area contributed by atoms with Crippen molar-refractivity contribution in [3.8, 4) is 0 Å². The fraction of sp³-hybridized carbons (Fsp3) is 0.467. The number of carbonyl (C=O) groups is 1. The van der Waals surface area contributed by atoms with E-state index in [1.165, 1.54) is 19.1 Å². The van der Waals surface area contributed by atoms with E-state index in [2.05, 4.69) is 4.99 Å². The van der Waals surface area contributed by atoms with Crippen LogP contribution in [0.1, 0.15) is 26.2 Å². The van der Waals surface area contributed by atoms with Crippen LogP contribution in [-0.2, 0) is 14.6 Å². The first-order valence-electron chi connectivity index (χ1n) is 7.47. The molecule has 7 nitrogen and oxygen atoms in total. The summed E-state index contributed by atoms with van der Waals surface area (Å²) >= 11 is 0. The molecule has 1 heterocycles. The Hall–Kier alpha value is -2.09. The highest BCUT2D eigenvalue weighted by Gasteiger charge is 2.33. The number of hydrogen-bond donors (Lipinski definition) is 2. The standard InChI is InChI=1S/C15H22N4O3S/c1-11(20)19-10-9-12(19)7-8-14(18-15(16)17)23(21,22)13-5-3-2-4-6-13/h2-6,12,14H,7-10H2,1H3,(H4,16,17,18). The summed E-state index contributed by atoms with van der Waals surface area (Å²) in [4.78, 5) is 17.2. The zero-order valence-electron chi connectivity index (χ0n) is 13.1. The summed E-state index contributed by atoms with van der Waals surface area (Å²) in [6.45, 7) is 2.23. The van der Waals surface area contributed by atoms with E-state index >= 15 is 0 Å². The van der Waals surface area contributed by atoms with Crippen LogP contribution in [0.4, 0.5) is 0 Å². The molecule has 2 rings (SSSR count). The molecule has 0 spiro atoms. The number of hydrogen-bond acceptors (Lipinski definition) is 4. The van der Waals surface area contributed by atoms with Crippen LogP contribution in [0.2, 0.25) is 0 Å². The molecule has 1 aliphatic rings. The molecule has 0 aliphatic carbocycles. The first-order valence-corrected chi connectivity index (χ1v) is 9.02. The van der Waals surface area contributed by atoms with Gasteiger partial charge in [-0.3, -0.25) is 4.79 Å². The van der Waals surface area contributed by atoms with Gasteiger partial charge in [0.05, 0.1) is 4.90 Å². The SMILES string of the molecule is CC(=O)N1CCC1CCC(N=C(N)N)S(=O)(=O)c1ccccc1. The Bertz CT molecular complexity index is 684. The van der Waals surface area contributed by atoms with Gasteiger partial charge in [0.25, 0.3) is 0 Å². The lowest BCUT2D eigenvalue weighted by atomic mass is 9.98. The first-order chi connectivity index (χ1) is 10.8. The molecule has 8 heteroatoms. The van der Waals surface area contributed by atoms with Gasteiger partial charge in [-0.2, -0.15) is 0 Å². The number of nitrogens with two attached hydrogens (primary N) is 2. The highest BCUT2D eigenvalue weighted by molar-refractivity contribution is 7.92. The maximum atomic E-state index is 12.7. The van der Waals surface area contributed by atoms with E-state index in [1.807, 2.05) is 0 Å². The predicted octanol–water partition coefficient (Wildman–Crippen LogP) is 0.461. The number of aliphatic imine (C=N–C) groups is 1. The molecule has 1 fully saturated rings. The van der Waals surface area contributed by atoms with Gasteiger partial charge in [-0.25, -0.2) is 13.4 Å². The van der Waals surface area contributed by atoms with Crippen LogP contribution < -0.4 is 11.5 Å². The van der Waals surface area contributed by atoms with Gasteiger partial charge in [0.2, 0.25) is 15.7 Å². The van der Waals surface area contributed by atoms with Crippen LogP contribution >= 0.6 is 0 Å².